The van der Waals surface area contributed by atoms with E-state index < -0.39 is 16.9 Å². The quantitative estimate of drug-likeness (QED) is 0.509. The molecule has 1 N–H and O–H groups in total. The summed E-state index contributed by atoms with van der Waals surface area (Å²) in [7, 11) is 2.86. The van der Waals surface area contributed by atoms with Crippen LogP contribution in [0.1, 0.15) is 12.5 Å². The van der Waals surface area contributed by atoms with Crippen molar-refractivity contribution in [2.45, 2.75) is 6.92 Å². The third-order valence-corrected chi connectivity index (χ3v) is 3.87. The number of benzene rings is 1. The lowest BCUT2D eigenvalue weighted by Gasteiger charge is -2.30. The number of aliphatic carboxylic acids is 1. The van der Waals surface area contributed by atoms with Crippen molar-refractivity contribution in [3.8, 4) is 0 Å². The lowest BCUT2D eigenvalue weighted by molar-refractivity contribution is -0.384. The summed E-state index contributed by atoms with van der Waals surface area (Å²) < 4.78 is 4.78. The SMILES string of the molecule is COC(=O)C1=C(C)N(C)CC(C(=O)O)=C1c1cccc([N+](=O)[O-])c1. The molecule has 1 aromatic carbocycles. The Morgan fingerprint density at radius 2 is 2.04 bits per heavy atom. The zero-order chi connectivity index (χ0) is 18.0. The fraction of sp³-hybridized carbons (Fsp3) is 0.250. The van der Waals surface area contributed by atoms with E-state index in [1.807, 2.05) is 0 Å². The molecule has 0 radical (unpaired) electrons. The fourth-order valence-electron chi connectivity index (χ4n) is 2.58. The van der Waals surface area contributed by atoms with E-state index >= 15 is 0 Å². The normalized spacial score (nSPS) is 14.7. The van der Waals surface area contributed by atoms with Gasteiger partial charge in [0.25, 0.3) is 5.69 Å². The molecule has 1 aromatic rings. The zero-order valence-corrected chi connectivity index (χ0v) is 13.4. The highest BCUT2D eigenvalue weighted by atomic mass is 16.6. The number of ether oxygens (including phenoxy) is 1. The van der Waals surface area contributed by atoms with Gasteiger partial charge in [-0.05, 0) is 12.5 Å². The number of rotatable bonds is 4. The summed E-state index contributed by atoms with van der Waals surface area (Å²) in [6.45, 7) is 1.74. The van der Waals surface area contributed by atoms with Gasteiger partial charge in [0.05, 0.1) is 29.7 Å². The average molecular weight is 332 g/mol. The molecule has 0 saturated carbocycles. The van der Waals surface area contributed by atoms with Crippen molar-refractivity contribution in [3.05, 3.63) is 56.8 Å². The number of nitrogens with zero attached hydrogens (tertiary/aromatic N) is 2. The topological polar surface area (TPSA) is 110 Å². The van der Waals surface area contributed by atoms with Crippen molar-refractivity contribution in [2.24, 2.45) is 0 Å². The molecule has 8 nitrogen and oxygen atoms in total. The van der Waals surface area contributed by atoms with Crippen molar-refractivity contribution in [1.82, 2.24) is 4.90 Å². The largest absolute Gasteiger partial charge is 0.478 e. The maximum Gasteiger partial charge on any atom is 0.340 e. The monoisotopic (exact) mass is 332 g/mol. The number of nitro benzene ring substituents is 1. The molecule has 0 fully saturated rings. The van der Waals surface area contributed by atoms with Crippen LogP contribution in [0.5, 0.6) is 0 Å². The van der Waals surface area contributed by atoms with Gasteiger partial charge in [-0.15, -0.1) is 0 Å². The van der Waals surface area contributed by atoms with Crippen molar-refractivity contribution in [1.29, 1.82) is 0 Å². The second kappa shape index (κ2) is 6.53. The van der Waals surface area contributed by atoms with E-state index in [4.69, 9.17) is 4.74 Å². The van der Waals surface area contributed by atoms with Gasteiger partial charge < -0.3 is 14.7 Å². The van der Waals surface area contributed by atoms with E-state index in [0.29, 0.717) is 5.70 Å². The van der Waals surface area contributed by atoms with Crippen LogP contribution in [0.4, 0.5) is 5.69 Å². The highest BCUT2D eigenvalue weighted by Crippen LogP contribution is 2.36. The number of esters is 1. The lowest BCUT2D eigenvalue weighted by Crippen LogP contribution is -2.31. The van der Waals surface area contributed by atoms with Gasteiger partial charge in [0, 0.05) is 30.5 Å². The first kappa shape index (κ1) is 17.2. The minimum absolute atomic E-state index is 0.0241. The highest BCUT2D eigenvalue weighted by molar-refractivity contribution is 6.13. The van der Waals surface area contributed by atoms with Gasteiger partial charge in [0.2, 0.25) is 0 Å². The number of likely N-dealkylation sites (N-methyl/N-ethyl adjacent to an activating group) is 1. The number of allylic oxidation sites excluding steroid dienone is 1. The van der Waals surface area contributed by atoms with Gasteiger partial charge in [0.1, 0.15) is 0 Å². The molecule has 8 heteroatoms. The molecule has 0 aromatic heterocycles. The van der Waals surface area contributed by atoms with Crippen LogP contribution in [0.15, 0.2) is 41.1 Å². The molecular weight excluding hydrogens is 316 g/mol. The van der Waals surface area contributed by atoms with Crippen LogP contribution in [-0.4, -0.2) is 47.6 Å². The van der Waals surface area contributed by atoms with E-state index in [0.717, 1.165) is 0 Å². The number of carbonyl (C=O) groups excluding carboxylic acids is 1. The molecule has 126 valence electrons. The van der Waals surface area contributed by atoms with E-state index in [1.54, 1.807) is 18.9 Å². The number of hydrogen-bond acceptors (Lipinski definition) is 6. The summed E-state index contributed by atoms with van der Waals surface area (Å²) in [4.78, 5) is 35.9. The summed E-state index contributed by atoms with van der Waals surface area (Å²) in [6, 6.07) is 5.53. The van der Waals surface area contributed by atoms with Gasteiger partial charge in [-0.3, -0.25) is 10.1 Å². The summed E-state index contributed by atoms with van der Waals surface area (Å²) >= 11 is 0. The number of methoxy groups -OCH3 is 1. The van der Waals surface area contributed by atoms with Crippen molar-refractivity contribution in [3.63, 3.8) is 0 Å². The molecule has 0 aliphatic carbocycles. The summed E-state index contributed by atoms with van der Waals surface area (Å²) in [6.07, 6.45) is 0. The smallest absolute Gasteiger partial charge is 0.340 e. The van der Waals surface area contributed by atoms with Gasteiger partial charge >= 0.3 is 11.9 Å². The summed E-state index contributed by atoms with van der Waals surface area (Å²) in [5.74, 6) is -1.89. The molecule has 0 atom stereocenters. The van der Waals surface area contributed by atoms with Crippen LogP contribution >= 0.6 is 0 Å². The van der Waals surface area contributed by atoms with Crippen molar-refractivity contribution in [2.75, 3.05) is 20.7 Å². The van der Waals surface area contributed by atoms with Gasteiger partial charge in [-0.1, -0.05) is 12.1 Å². The molecule has 0 amide bonds. The first-order valence-electron chi connectivity index (χ1n) is 6.99. The number of non-ortho nitro benzene ring substituents is 1. The lowest BCUT2D eigenvalue weighted by atomic mass is 9.88. The van der Waals surface area contributed by atoms with Crippen molar-refractivity contribution >= 4 is 23.2 Å². The van der Waals surface area contributed by atoms with E-state index in [1.165, 1.54) is 31.4 Å². The van der Waals surface area contributed by atoms with Gasteiger partial charge in [0.15, 0.2) is 0 Å². The second-order valence-corrected chi connectivity index (χ2v) is 5.27. The molecular formula is C16H16N2O6. The van der Waals surface area contributed by atoms with E-state index in [-0.39, 0.29) is 34.5 Å². The predicted octanol–water partition coefficient (Wildman–Crippen LogP) is 1.83. The van der Waals surface area contributed by atoms with Crippen LogP contribution in [-0.2, 0) is 14.3 Å². The number of hydrogen-bond donors (Lipinski definition) is 1. The maximum atomic E-state index is 12.2. The Balaban J connectivity index is 2.78. The summed E-state index contributed by atoms with van der Waals surface area (Å²) in [5.41, 5.74) is 0.843. The molecule has 1 aliphatic heterocycles. The molecule has 1 aliphatic rings. The standard InChI is InChI=1S/C16H16N2O6/c1-9-13(16(21)24-3)14(12(15(19)20)8-17(9)2)10-5-4-6-11(7-10)18(22)23/h4-7H,8H2,1-3H3,(H,19,20). The van der Waals surface area contributed by atoms with Crippen LogP contribution < -0.4 is 0 Å². The predicted molar refractivity (Wildman–Crippen MR) is 85.0 cm³/mol. The number of carbonyl (C=O) groups is 2. The second-order valence-electron chi connectivity index (χ2n) is 5.27. The maximum absolute atomic E-state index is 12.2. The molecule has 0 bridgehead atoms. The Morgan fingerprint density at radius 3 is 2.58 bits per heavy atom. The Kier molecular flexibility index (Phi) is 4.68. The fourth-order valence-corrected chi connectivity index (χ4v) is 2.58. The number of nitro groups is 1. The number of carboxylic acids is 1. The van der Waals surface area contributed by atoms with E-state index in [2.05, 4.69) is 0 Å². The van der Waals surface area contributed by atoms with Crippen LogP contribution in [0, 0.1) is 10.1 Å². The molecule has 0 spiro atoms. The Morgan fingerprint density at radius 1 is 1.38 bits per heavy atom. The molecule has 2 rings (SSSR count). The first-order valence-corrected chi connectivity index (χ1v) is 6.99. The van der Waals surface area contributed by atoms with Gasteiger partial charge in [-0.2, -0.15) is 0 Å². The number of carboxylic acid groups (broad SMARTS) is 1. The van der Waals surface area contributed by atoms with Gasteiger partial charge in [-0.25, -0.2) is 9.59 Å². The molecule has 0 saturated heterocycles. The molecule has 1 heterocycles. The third kappa shape index (κ3) is 2.98. The molecule has 24 heavy (non-hydrogen) atoms. The highest BCUT2D eigenvalue weighted by Gasteiger charge is 2.32. The van der Waals surface area contributed by atoms with Crippen LogP contribution in [0.2, 0.25) is 0 Å². The summed E-state index contributed by atoms with van der Waals surface area (Å²) in [5, 5.41) is 20.5. The molecule has 0 unspecified atom stereocenters. The van der Waals surface area contributed by atoms with E-state index in [9.17, 15) is 24.8 Å². The van der Waals surface area contributed by atoms with Crippen LogP contribution in [0.3, 0.4) is 0 Å². The minimum Gasteiger partial charge on any atom is -0.478 e. The van der Waals surface area contributed by atoms with Crippen molar-refractivity contribution < 1.29 is 24.4 Å². The minimum atomic E-state index is -1.20. The van der Waals surface area contributed by atoms with Crippen LogP contribution in [0.25, 0.3) is 5.57 Å². The third-order valence-electron chi connectivity index (χ3n) is 3.87. The zero-order valence-electron chi connectivity index (χ0n) is 13.4. The first-order chi connectivity index (χ1) is 11.3. The Hall–Kier alpha value is -3.16. The average Bonchev–Trinajstić information content (AvgIpc) is 2.55. The Labute approximate surface area is 137 Å². The Bertz CT molecular complexity index is 794.